The molecule has 27 heavy (non-hydrogen) atoms. The van der Waals surface area contributed by atoms with E-state index in [0.29, 0.717) is 17.8 Å². The van der Waals surface area contributed by atoms with Gasteiger partial charge in [-0.25, -0.2) is 9.97 Å². The number of imidazole rings is 1. The first-order valence-corrected chi connectivity index (χ1v) is 8.17. The fourth-order valence-corrected chi connectivity index (χ4v) is 2.83. The van der Waals surface area contributed by atoms with Gasteiger partial charge in [0.15, 0.2) is 0 Å². The second-order valence-corrected chi connectivity index (χ2v) is 6.19. The molecule has 3 rings (SSSR count). The van der Waals surface area contributed by atoms with Gasteiger partial charge < -0.3 is 4.57 Å². The number of para-hydroxylation sites is 1. The number of alkyl halides is 3. The Morgan fingerprint density at radius 2 is 1.89 bits per heavy atom. The molecule has 0 atom stereocenters. The van der Waals surface area contributed by atoms with Gasteiger partial charge in [-0.2, -0.15) is 13.2 Å². The van der Waals surface area contributed by atoms with Crippen LogP contribution in [0.25, 0.3) is 11.3 Å². The van der Waals surface area contributed by atoms with Gasteiger partial charge in [-0.1, -0.05) is 23.7 Å². The molecule has 0 saturated heterocycles. The standard InChI is InChI=1S/C18H14ClF3N4O/c1-11-16(23-9-25(11)2)12-7-8-15(18(20,21)22)24-17(12)26(10-27)14-6-4-3-5-13(14)19/h3-10H,1-2H3. The highest BCUT2D eigenvalue weighted by Crippen LogP contribution is 2.39. The summed E-state index contributed by atoms with van der Waals surface area (Å²) in [5, 5.41) is 0.201. The van der Waals surface area contributed by atoms with Crippen LogP contribution in [0.15, 0.2) is 42.7 Å². The molecule has 0 saturated carbocycles. The van der Waals surface area contributed by atoms with Crippen molar-refractivity contribution in [2.75, 3.05) is 4.90 Å². The molecule has 3 aromatic rings. The molecular formula is C18H14ClF3N4O. The fraction of sp³-hybridized carbons (Fsp3) is 0.167. The van der Waals surface area contributed by atoms with E-state index in [9.17, 15) is 18.0 Å². The summed E-state index contributed by atoms with van der Waals surface area (Å²) in [7, 11) is 1.76. The Balaban J connectivity index is 2.28. The third-order valence-corrected chi connectivity index (χ3v) is 4.42. The van der Waals surface area contributed by atoms with E-state index in [1.807, 2.05) is 0 Å². The maximum atomic E-state index is 13.2. The molecule has 0 aliphatic heterocycles. The van der Waals surface area contributed by atoms with E-state index in [2.05, 4.69) is 9.97 Å². The summed E-state index contributed by atoms with van der Waals surface area (Å²) in [4.78, 5) is 20.8. The Hall–Kier alpha value is -2.87. The lowest BCUT2D eigenvalue weighted by molar-refractivity contribution is -0.141. The number of aryl methyl sites for hydroxylation is 1. The Kier molecular flexibility index (Phi) is 4.93. The van der Waals surface area contributed by atoms with Gasteiger partial charge in [-0.3, -0.25) is 9.69 Å². The second-order valence-electron chi connectivity index (χ2n) is 5.78. The maximum absolute atomic E-state index is 13.2. The molecule has 0 spiro atoms. The van der Waals surface area contributed by atoms with E-state index in [0.717, 1.165) is 11.0 Å². The van der Waals surface area contributed by atoms with Crippen molar-refractivity contribution in [3.8, 4) is 11.3 Å². The molecule has 0 N–H and O–H groups in total. The quantitative estimate of drug-likeness (QED) is 0.600. The molecule has 0 aliphatic rings. The summed E-state index contributed by atoms with van der Waals surface area (Å²) in [6.45, 7) is 1.77. The van der Waals surface area contributed by atoms with Crippen molar-refractivity contribution in [2.24, 2.45) is 7.05 Å². The smallest absolute Gasteiger partial charge is 0.337 e. The van der Waals surface area contributed by atoms with E-state index in [1.165, 1.54) is 24.5 Å². The van der Waals surface area contributed by atoms with E-state index in [1.54, 1.807) is 30.7 Å². The van der Waals surface area contributed by atoms with Crippen LogP contribution >= 0.6 is 11.6 Å². The number of halogens is 4. The van der Waals surface area contributed by atoms with Crippen molar-refractivity contribution in [2.45, 2.75) is 13.1 Å². The van der Waals surface area contributed by atoms with Crippen molar-refractivity contribution in [1.82, 2.24) is 14.5 Å². The Morgan fingerprint density at radius 3 is 2.44 bits per heavy atom. The third kappa shape index (κ3) is 3.52. The highest BCUT2D eigenvalue weighted by molar-refractivity contribution is 6.33. The summed E-state index contributed by atoms with van der Waals surface area (Å²) in [6, 6.07) is 8.45. The lowest BCUT2D eigenvalue weighted by Crippen LogP contribution is -2.19. The first kappa shape index (κ1) is 18.9. The van der Waals surface area contributed by atoms with Gasteiger partial charge in [0.05, 0.1) is 22.7 Å². The first-order valence-electron chi connectivity index (χ1n) is 7.79. The second kappa shape index (κ2) is 7.03. The number of carbonyl (C=O) groups is 1. The minimum absolute atomic E-state index is 0.199. The van der Waals surface area contributed by atoms with Crippen molar-refractivity contribution >= 4 is 29.5 Å². The molecule has 2 aromatic heterocycles. The summed E-state index contributed by atoms with van der Waals surface area (Å²) in [5.74, 6) is -0.199. The average molecular weight is 395 g/mol. The molecule has 1 aromatic carbocycles. The number of hydrogen-bond donors (Lipinski definition) is 0. The van der Waals surface area contributed by atoms with Crippen LogP contribution in [-0.2, 0) is 18.0 Å². The predicted molar refractivity (Wildman–Crippen MR) is 95.8 cm³/mol. The minimum atomic E-state index is -4.67. The molecule has 9 heteroatoms. The van der Waals surface area contributed by atoms with Gasteiger partial charge >= 0.3 is 6.18 Å². The molecule has 0 aliphatic carbocycles. The number of rotatable bonds is 4. The summed E-state index contributed by atoms with van der Waals surface area (Å²) < 4.78 is 41.4. The SMILES string of the molecule is Cc1c(-c2ccc(C(F)(F)F)nc2N(C=O)c2ccccc2Cl)ncn1C. The topological polar surface area (TPSA) is 51.0 Å². The molecule has 0 fully saturated rings. The van der Waals surface area contributed by atoms with Crippen LogP contribution in [0.4, 0.5) is 24.7 Å². The number of hydrogen-bond acceptors (Lipinski definition) is 3. The predicted octanol–water partition coefficient (Wildman–Crippen LogP) is 4.76. The molecule has 0 radical (unpaired) electrons. The Labute approximate surface area is 158 Å². The van der Waals surface area contributed by atoms with E-state index in [-0.39, 0.29) is 22.1 Å². The summed E-state index contributed by atoms with van der Waals surface area (Å²) in [6.07, 6.45) is -2.75. The highest BCUT2D eigenvalue weighted by Gasteiger charge is 2.34. The molecule has 1 amide bonds. The fourth-order valence-electron chi connectivity index (χ4n) is 2.60. The van der Waals surface area contributed by atoms with Gasteiger partial charge in [0.1, 0.15) is 11.5 Å². The van der Waals surface area contributed by atoms with Gasteiger partial charge in [-0.05, 0) is 31.2 Å². The normalized spacial score (nSPS) is 11.5. The van der Waals surface area contributed by atoms with E-state index >= 15 is 0 Å². The van der Waals surface area contributed by atoms with Crippen molar-refractivity contribution in [3.05, 3.63) is 59.1 Å². The number of nitrogens with zero attached hydrogens (tertiary/aromatic N) is 4. The number of amides is 1. The Morgan fingerprint density at radius 1 is 1.19 bits per heavy atom. The third-order valence-electron chi connectivity index (χ3n) is 4.10. The summed E-state index contributed by atoms with van der Waals surface area (Å²) >= 11 is 6.14. The van der Waals surface area contributed by atoms with Gasteiger partial charge in [0.25, 0.3) is 0 Å². The number of aromatic nitrogens is 3. The zero-order chi connectivity index (χ0) is 19.8. The van der Waals surface area contributed by atoms with Crippen LogP contribution in [0, 0.1) is 6.92 Å². The zero-order valence-corrected chi connectivity index (χ0v) is 15.1. The monoisotopic (exact) mass is 394 g/mol. The van der Waals surface area contributed by atoms with Crippen LogP contribution in [0.2, 0.25) is 5.02 Å². The van der Waals surface area contributed by atoms with Crippen molar-refractivity contribution in [1.29, 1.82) is 0 Å². The van der Waals surface area contributed by atoms with Crippen LogP contribution in [0.5, 0.6) is 0 Å². The number of benzene rings is 1. The first-order chi connectivity index (χ1) is 12.7. The zero-order valence-electron chi connectivity index (χ0n) is 14.3. The average Bonchev–Trinajstić information content (AvgIpc) is 2.95. The van der Waals surface area contributed by atoms with Gasteiger partial charge in [0.2, 0.25) is 6.41 Å². The lowest BCUT2D eigenvalue weighted by Gasteiger charge is -2.21. The molecular weight excluding hydrogens is 381 g/mol. The minimum Gasteiger partial charge on any atom is -0.337 e. The largest absolute Gasteiger partial charge is 0.433 e. The molecule has 0 bridgehead atoms. The lowest BCUT2D eigenvalue weighted by atomic mass is 10.1. The van der Waals surface area contributed by atoms with Crippen molar-refractivity contribution < 1.29 is 18.0 Å². The number of pyridine rings is 1. The molecule has 140 valence electrons. The maximum Gasteiger partial charge on any atom is 0.433 e. The van der Waals surface area contributed by atoms with Crippen LogP contribution < -0.4 is 4.90 Å². The molecule has 2 heterocycles. The molecule has 5 nitrogen and oxygen atoms in total. The van der Waals surface area contributed by atoms with Crippen molar-refractivity contribution in [3.63, 3.8) is 0 Å². The van der Waals surface area contributed by atoms with Crippen LogP contribution in [0.3, 0.4) is 0 Å². The van der Waals surface area contributed by atoms with Crippen LogP contribution in [-0.4, -0.2) is 20.9 Å². The van der Waals surface area contributed by atoms with E-state index < -0.39 is 11.9 Å². The van der Waals surface area contributed by atoms with Gasteiger partial charge in [0, 0.05) is 18.3 Å². The highest BCUT2D eigenvalue weighted by atomic mass is 35.5. The number of carbonyl (C=O) groups excluding carboxylic acids is 1. The van der Waals surface area contributed by atoms with Gasteiger partial charge in [-0.15, -0.1) is 0 Å². The summed E-state index contributed by atoms with van der Waals surface area (Å²) in [5.41, 5.74) is 0.521. The molecule has 0 unspecified atom stereocenters. The van der Waals surface area contributed by atoms with Crippen LogP contribution in [0.1, 0.15) is 11.4 Å². The Bertz CT molecular complexity index is 1000. The number of anilines is 2. The van der Waals surface area contributed by atoms with E-state index in [4.69, 9.17) is 11.6 Å².